The van der Waals surface area contributed by atoms with Gasteiger partial charge in [-0.2, -0.15) is 0 Å². The molecule has 124 valence electrons. The number of hydrogen-bond donors (Lipinski definition) is 2. The second kappa shape index (κ2) is 8.36. The lowest BCUT2D eigenvalue weighted by Crippen LogP contribution is -2.36. The summed E-state index contributed by atoms with van der Waals surface area (Å²) in [4.78, 5) is 9.04. The van der Waals surface area contributed by atoms with Crippen molar-refractivity contribution >= 4 is 5.96 Å². The Labute approximate surface area is 138 Å². The lowest BCUT2D eigenvalue weighted by Gasteiger charge is -2.11. The van der Waals surface area contributed by atoms with Crippen LogP contribution in [-0.4, -0.2) is 17.5 Å². The summed E-state index contributed by atoms with van der Waals surface area (Å²) in [5.41, 5.74) is 3.53. The van der Waals surface area contributed by atoms with Crippen molar-refractivity contribution in [3.05, 3.63) is 52.7 Å². The maximum absolute atomic E-state index is 5.59. The number of nitrogens with zero attached hydrogens (tertiary/aromatic N) is 2. The average molecular weight is 314 g/mol. The van der Waals surface area contributed by atoms with Crippen molar-refractivity contribution in [2.75, 3.05) is 6.54 Å². The van der Waals surface area contributed by atoms with Crippen LogP contribution in [0.25, 0.3) is 0 Å². The van der Waals surface area contributed by atoms with E-state index in [0.717, 1.165) is 30.4 Å². The van der Waals surface area contributed by atoms with Crippen LogP contribution < -0.4 is 10.6 Å². The van der Waals surface area contributed by atoms with E-state index in [-0.39, 0.29) is 0 Å². The maximum Gasteiger partial charge on any atom is 0.214 e. The first-order valence-corrected chi connectivity index (χ1v) is 8.15. The van der Waals surface area contributed by atoms with E-state index in [0.29, 0.717) is 19.0 Å². The molecule has 0 atom stereocenters. The van der Waals surface area contributed by atoms with E-state index in [1.807, 2.05) is 13.8 Å². The van der Waals surface area contributed by atoms with Crippen LogP contribution in [0.5, 0.6) is 0 Å². The molecule has 1 aromatic heterocycles. The Morgan fingerprint density at radius 2 is 1.87 bits per heavy atom. The molecule has 2 N–H and O–H groups in total. The number of aryl methyl sites for hydroxylation is 3. The number of rotatable bonds is 6. The number of hydrogen-bond acceptors (Lipinski definition) is 3. The van der Waals surface area contributed by atoms with Crippen molar-refractivity contribution in [3.63, 3.8) is 0 Å². The third kappa shape index (κ3) is 4.84. The zero-order valence-corrected chi connectivity index (χ0v) is 14.4. The summed E-state index contributed by atoms with van der Waals surface area (Å²) in [5.74, 6) is 2.31. The Bertz CT molecular complexity index is 641. The molecule has 0 fully saturated rings. The van der Waals surface area contributed by atoms with Crippen molar-refractivity contribution < 1.29 is 4.42 Å². The zero-order valence-electron chi connectivity index (χ0n) is 14.4. The van der Waals surface area contributed by atoms with Gasteiger partial charge in [0.05, 0.1) is 18.8 Å². The Kier molecular flexibility index (Phi) is 6.20. The minimum Gasteiger partial charge on any atom is -0.444 e. The fourth-order valence-electron chi connectivity index (χ4n) is 2.34. The molecule has 0 aliphatic carbocycles. The molecule has 0 bridgehead atoms. The van der Waals surface area contributed by atoms with E-state index in [2.05, 4.69) is 58.7 Å². The smallest absolute Gasteiger partial charge is 0.214 e. The van der Waals surface area contributed by atoms with Gasteiger partial charge in [0.2, 0.25) is 5.89 Å². The largest absolute Gasteiger partial charge is 0.444 e. The molecule has 0 unspecified atom stereocenters. The van der Waals surface area contributed by atoms with E-state index >= 15 is 0 Å². The molecule has 0 radical (unpaired) electrons. The molecular formula is C18H26N4O. The summed E-state index contributed by atoms with van der Waals surface area (Å²) in [6, 6.07) is 8.42. The van der Waals surface area contributed by atoms with Crippen molar-refractivity contribution in [2.45, 2.75) is 47.2 Å². The molecule has 0 spiro atoms. The van der Waals surface area contributed by atoms with Crippen LogP contribution in [0.1, 0.15) is 42.3 Å². The number of nitrogens with one attached hydrogen (secondary N) is 2. The van der Waals surface area contributed by atoms with Gasteiger partial charge in [0.1, 0.15) is 5.76 Å². The molecule has 23 heavy (non-hydrogen) atoms. The Balaban J connectivity index is 2.02. The lowest BCUT2D eigenvalue weighted by atomic mass is 10.1. The first-order valence-electron chi connectivity index (χ1n) is 8.15. The van der Waals surface area contributed by atoms with Crippen LogP contribution in [0.2, 0.25) is 0 Å². The maximum atomic E-state index is 5.59. The third-order valence-electron chi connectivity index (χ3n) is 3.73. The van der Waals surface area contributed by atoms with E-state index in [4.69, 9.17) is 4.42 Å². The SMILES string of the molecule is CCNC(=NCc1ccccc1CC)NCc1nc(C)c(C)o1. The molecular weight excluding hydrogens is 288 g/mol. The van der Waals surface area contributed by atoms with Gasteiger partial charge in [-0.3, -0.25) is 0 Å². The van der Waals surface area contributed by atoms with Gasteiger partial charge >= 0.3 is 0 Å². The van der Waals surface area contributed by atoms with Gasteiger partial charge in [0, 0.05) is 6.54 Å². The fraction of sp³-hybridized carbons (Fsp3) is 0.444. The number of aromatic nitrogens is 1. The monoisotopic (exact) mass is 314 g/mol. The fourth-order valence-corrected chi connectivity index (χ4v) is 2.34. The molecule has 1 aromatic carbocycles. The third-order valence-corrected chi connectivity index (χ3v) is 3.73. The van der Waals surface area contributed by atoms with Crippen molar-refractivity contribution in [1.29, 1.82) is 0 Å². The van der Waals surface area contributed by atoms with Gasteiger partial charge < -0.3 is 15.1 Å². The van der Waals surface area contributed by atoms with Crippen LogP contribution in [0.4, 0.5) is 0 Å². The predicted molar refractivity (Wildman–Crippen MR) is 93.5 cm³/mol. The van der Waals surface area contributed by atoms with Crippen molar-refractivity contribution in [2.24, 2.45) is 4.99 Å². The molecule has 0 amide bonds. The number of oxazole rings is 1. The van der Waals surface area contributed by atoms with Crippen molar-refractivity contribution in [3.8, 4) is 0 Å². The topological polar surface area (TPSA) is 62.5 Å². The highest BCUT2D eigenvalue weighted by molar-refractivity contribution is 5.79. The summed E-state index contributed by atoms with van der Waals surface area (Å²) < 4.78 is 5.59. The second-order valence-corrected chi connectivity index (χ2v) is 5.42. The van der Waals surface area contributed by atoms with Crippen LogP contribution in [0.15, 0.2) is 33.7 Å². The van der Waals surface area contributed by atoms with E-state index in [9.17, 15) is 0 Å². The highest BCUT2D eigenvalue weighted by Crippen LogP contribution is 2.11. The summed E-state index contributed by atoms with van der Waals surface area (Å²) >= 11 is 0. The van der Waals surface area contributed by atoms with Gasteiger partial charge in [-0.1, -0.05) is 31.2 Å². The highest BCUT2D eigenvalue weighted by atomic mass is 16.4. The summed E-state index contributed by atoms with van der Waals surface area (Å²) in [6.45, 7) is 10.1. The highest BCUT2D eigenvalue weighted by Gasteiger charge is 2.06. The Hall–Kier alpha value is -2.30. The number of aliphatic imine (C=N–C) groups is 1. The van der Waals surface area contributed by atoms with E-state index < -0.39 is 0 Å². The summed E-state index contributed by atoms with van der Waals surface area (Å²) in [5, 5.41) is 6.52. The van der Waals surface area contributed by atoms with Gasteiger partial charge in [-0.25, -0.2) is 9.98 Å². The molecule has 0 saturated heterocycles. The van der Waals surface area contributed by atoms with Crippen LogP contribution in [-0.2, 0) is 19.5 Å². The normalized spacial score (nSPS) is 11.6. The molecule has 0 aliphatic rings. The Morgan fingerprint density at radius 3 is 2.48 bits per heavy atom. The molecule has 2 rings (SSSR count). The molecule has 0 aliphatic heterocycles. The van der Waals surface area contributed by atoms with E-state index in [1.54, 1.807) is 0 Å². The quantitative estimate of drug-likeness (QED) is 0.635. The number of benzene rings is 1. The average Bonchev–Trinajstić information content (AvgIpc) is 2.88. The minimum atomic E-state index is 0.524. The molecule has 5 nitrogen and oxygen atoms in total. The second-order valence-electron chi connectivity index (χ2n) is 5.42. The predicted octanol–water partition coefficient (Wildman–Crippen LogP) is 3.11. The van der Waals surface area contributed by atoms with Crippen LogP contribution in [0.3, 0.4) is 0 Å². The molecule has 5 heteroatoms. The van der Waals surface area contributed by atoms with Gasteiger partial charge in [0.25, 0.3) is 0 Å². The van der Waals surface area contributed by atoms with Gasteiger partial charge in [-0.05, 0) is 38.3 Å². The number of guanidine groups is 1. The van der Waals surface area contributed by atoms with Crippen molar-refractivity contribution in [1.82, 2.24) is 15.6 Å². The minimum absolute atomic E-state index is 0.524. The molecule has 0 saturated carbocycles. The molecule has 1 heterocycles. The molecule has 2 aromatic rings. The van der Waals surface area contributed by atoms with Gasteiger partial charge in [0.15, 0.2) is 5.96 Å². The van der Waals surface area contributed by atoms with E-state index in [1.165, 1.54) is 11.1 Å². The lowest BCUT2D eigenvalue weighted by molar-refractivity contribution is 0.463. The van der Waals surface area contributed by atoms with Gasteiger partial charge in [-0.15, -0.1) is 0 Å². The van der Waals surface area contributed by atoms with Crippen LogP contribution >= 0.6 is 0 Å². The summed E-state index contributed by atoms with van der Waals surface area (Å²) in [7, 11) is 0. The first kappa shape index (κ1) is 17.1. The Morgan fingerprint density at radius 1 is 1.13 bits per heavy atom. The zero-order chi connectivity index (χ0) is 16.7. The van der Waals surface area contributed by atoms with Crippen LogP contribution in [0, 0.1) is 13.8 Å². The summed E-state index contributed by atoms with van der Waals surface area (Å²) in [6.07, 6.45) is 1.02. The first-order chi connectivity index (χ1) is 11.1. The standard InChI is InChI=1S/C18H26N4O/c1-5-15-9-7-8-10-16(15)11-20-18(19-6-2)21-12-17-22-13(3)14(4)23-17/h7-10H,5-6,11-12H2,1-4H3,(H2,19,20,21).